The van der Waals surface area contributed by atoms with Gasteiger partial charge in [0.2, 0.25) is 5.91 Å². The summed E-state index contributed by atoms with van der Waals surface area (Å²) < 4.78 is 18.6. The van der Waals surface area contributed by atoms with Gasteiger partial charge in [-0.15, -0.1) is 0 Å². The molecule has 1 unspecified atom stereocenters. The molecule has 3 N–H and O–H groups in total. The van der Waals surface area contributed by atoms with E-state index in [1.165, 1.54) is 12.1 Å². The summed E-state index contributed by atoms with van der Waals surface area (Å²) in [5.74, 6) is 0.818. The van der Waals surface area contributed by atoms with Gasteiger partial charge in [-0.3, -0.25) is 4.79 Å². The van der Waals surface area contributed by atoms with Gasteiger partial charge in [0.05, 0.1) is 6.54 Å². The van der Waals surface area contributed by atoms with Gasteiger partial charge in [0.1, 0.15) is 24.2 Å². The van der Waals surface area contributed by atoms with Crippen molar-refractivity contribution in [3.8, 4) is 5.75 Å². The quantitative estimate of drug-likeness (QED) is 0.496. The standard InChI is InChI=1S/C17H25FN4O2/c1-3-19-17(21-11-16(23)22-14-6-7-14)20-10-12(2)24-15-8-4-13(18)5-9-15/h4-5,8-9,12,14H,3,6-7,10-11H2,1-2H3,(H,22,23)(H2,19,20,21). The molecule has 1 saturated carbocycles. The highest BCUT2D eigenvalue weighted by Gasteiger charge is 2.22. The molecule has 1 amide bonds. The van der Waals surface area contributed by atoms with Gasteiger partial charge >= 0.3 is 0 Å². The molecule has 0 aliphatic heterocycles. The van der Waals surface area contributed by atoms with Crippen LogP contribution in [0.4, 0.5) is 4.39 Å². The number of rotatable bonds is 8. The van der Waals surface area contributed by atoms with E-state index in [9.17, 15) is 9.18 Å². The molecule has 132 valence electrons. The van der Waals surface area contributed by atoms with Crippen LogP contribution >= 0.6 is 0 Å². The zero-order chi connectivity index (χ0) is 17.4. The number of aliphatic imine (C=N–C) groups is 1. The van der Waals surface area contributed by atoms with Gasteiger partial charge in [-0.05, 0) is 51.0 Å². The van der Waals surface area contributed by atoms with E-state index in [1.807, 2.05) is 13.8 Å². The van der Waals surface area contributed by atoms with Crippen molar-refractivity contribution in [1.29, 1.82) is 0 Å². The molecule has 1 aliphatic carbocycles. The third kappa shape index (κ3) is 6.85. The van der Waals surface area contributed by atoms with Crippen molar-refractivity contribution in [2.45, 2.75) is 38.8 Å². The topological polar surface area (TPSA) is 74.8 Å². The number of hydrogen-bond acceptors (Lipinski definition) is 3. The van der Waals surface area contributed by atoms with E-state index in [2.05, 4.69) is 20.9 Å². The highest BCUT2D eigenvalue weighted by atomic mass is 19.1. The minimum atomic E-state index is -0.292. The number of carbonyl (C=O) groups is 1. The van der Waals surface area contributed by atoms with Crippen LogP contribution in [0, 0.1) is 5.82 Å². The fraction of sp³-hybridized carbons (Fsp3) is 0.529. The predicted octanol–water partition coefficient (Wildman–Crippen LogP) is 1.43. The predicted molar refractivity (Wildman–Crippen MR) is 91.6 cm³/mol. The first-order valence-corrected chi connectivity index (χ1v) is 8.30. The summed E-state index contributed by atoms with van der Waals surface area (Å²) >= 11 is 0. The SMILES string of the molecule is CCNC(=NCC(=O)NC1CC1)NCC(C)Oc1ccc(F)cc1. The van der Waals surface area contributed by atoms with Crippen molar-refractivity contribution < 1.29 is 13.9 Å². The number of hydrogen-bond donors (Lipinski definition) is 3. The molecule has 0 heterocycles. The Morgan fingerprint density at radius 2 is 2.04 bits per heavy atom. The Balaban J connectivity index is 1.76. The number of benzene rings is 1. The van der Waals surface area contributed by atoms with Crippen molar-refractivity contribution in [3.63, 3.8) is 0 Å². The van der Waals surface area contributed by atoms with E-state index in [1.54, 1.807) is 12.1 Å². The fourth-order valence-electron chi connectivity index (χ4n) is 2.02. The van der Waals surface area contributed by atoms with Crippen LogP contribution < -0.4 is 20.7 Å². The lowest BCUT2D eigenvalue weighted by atomic mass is 10.3. The fourth-order valence-corrected chi connectivity index (χ4v) is 2.02. The summed E-state index contributed by atoms with van der Waals surface area (Å²) in [6.45, 7) is 5.16. The van der Waals surface area contributed by atoms with Gasteiger partial charge in [-0.2, -0.15) is 0 Å². The molecule has 1 aromatic rings. The molecule has 1 fully saturated rings. The molecule has 7 heteroatoms. The number of ether oxygens (including phenoxy) is 1. The van der Waals surface area contributed by atoms with Crippen LogP contribution in [0.3, 0.4) is 0 Å². The van der Waals surface area contributed by atoms with Crippen LogP contribution in [0.5, 0.6) is 5.75 Å². The Bertz CT molecular complexity index is 558. The van der Waals surface area contributed by atoms with E-state index in [-0.39, 0.29) is 24.4 Å². The summed E-state index contributed by atoms with van der Waals surface area (Å²) in [6, 6.07) is 6.24. The van der Waals surface area contributed by atoms with Crippen molar-refractivity contribution >= 4 is 11.9 Å². The molecular formula is C17H25FN4O2. The van der Waals surface area contributed by atoms with Crippen LogP contribution in [0.15, 0.2) is 29.3 Å². The van der Waals surface area contributed by atoms with Gasteiger partial charge in [0.25, 0.3) is 0 Å². The Morgan fingerprint density at radius 1 is 1.33 bits per heavy atom. The van der Waals surface area contributed by atoms with Crippen LogP contribution in [-0.4, -0.2) is 43.6 Å². The largest absolute Gasteiger partial charge is 0.489 e. The van der Waals surface area contributed by atoms with Crippen molar-refractivity contribution in [2.24, 2.45) is 4.99 Å². The van der Waals surface area contributed by atoms with Gasteiger partial charge < -0.3 is 20.7 Å². The Kier molecular flexibility index (Phi) is 6.84. The number of amides is 1. The first-order valence-electron chi connectivity index (χ1n) is 8.30. The van der Waals surface area contributed by atoms with E-state index in [4.69, 9.17) is 4.74 Å². The molecule has 24 heavy (non-hydrogen) atoms. The molecule has 6 nitrogen and oxygen atoms in total. The summed E-state index contributed by atoms with van der Waals surface area (Å²) in [5, 5.41) is 9.12. The lowest BCUT2D eigenvalue weighted by molar-refractivity contribution is -0.119. The van der Waals surface area contributed by atoms with Gasteiger partial charge in [-0.25, -0.2) is 9.38 Å². The molecule has 0 saturated heterocycles. The minimum absolute atomic E-state index is 0.0645. The zero-order valence-corrected chi connectivity index (χ0v) is 14.1. The zero-order valence-electron chi connectivity index (χ0n) is 14.1. The molecular weight excluding hydrogens is 311 g/mol. The molecule has 1 aromatic carbocycles. The maximum absolute atomic E-state index is 12.9. The highest BCUT2D eigenvalue weighted by Crippen LogP contribution is 2.18. The minimum Gasteiger partial charge on any atom is -0.489 e. The lowest BCUT2D eigenvalue weighted by Gasteiger charge is -2.17. The molecule has 1 atom stereocenters. The number of halogens is 1. The average Bonchev–Trinajstić information content (AvgIpc) is 3.36. The highest BCUT2D eigenvalue weighted by molar-refractivity contribution is 5.85. The first-order chi connectivity index (χ1) is 11.6. The summed E-state index contributed by atoms with van der Waals surface area (Å²) in [4.78, 5) is 15.9. The molecule has 0 bridgehead atoms. The Morgan fingerprint density at radius 3 is 2.67 bits per heavy atom. The summed E-state index contributed by atoms with van der Waals surface area (Å²) in [7, 11) is 0. The summed E-state index contributed by atoms with van der Waals surface area (Å²) in [5.41, 5.74) is 0. The maximum Gasteiger partial charge on any atom is 0.242 e. The number of nitrogens with one attached hydrogen (secondary N) is 3. The van der Waals surface area contributed by atoms with E-state index in [0.717, 1.165) is 12.8 Å². The second kappa shape index (κ2) is 9.10. The van der Waals surface area contributed by atoms with E-state index in [0.29, 0.717) is 30.8 Å². The molecule has 0 spiro atoms. The maximum atomic E-state index is 12.9. The normalized spacial score (nSPS) is 15.5. The first kappa shape index (κ1) is 18.0. The van der Waals surface area contributed by atoms with Crippen molar-refractivity contribution in [3.05, 3.63) is 30.1 Å². The third-order valence-corrected chi connectivity index (χ3v) is 3.38. The number of nitrogens with zero attached hydrogens (tertiary/aromatic N) is 1. The van der Waals surface area contributed by atoms with E-state index >= 15 is 0 Å². The second-order valence-electron chi connectivity index (χ2n) is 5.80. The van der Waals surface area contributed by atoms with Crippen LogP contribution in [0.2, 0.25) is 0 Å². The van der Waals surface area contributed by atoms with Crippen LogP contribution in [0.1, 0.15) is 26.7 Å². The van der Waals surface area contributed by atoms with Crippen LogP contribution in [0.25, 0.3) is 0 Å². The average molecular weight is 336 g/mol. The van der Waals surface area contributed by atoms with Crippen LogP contribution in [-0.2, 0) is 4.79 Å². The smallest absolute Gasteiger partial charge is 0.242 e. The Labute approximate surface area is 141 Å². The van der Waals surface area contributed by atoms with Crippen molar-refractivity contribution in [1.82, 2.24) is 16.0 Å². The molecule has 2 rings (SSSR count). The van der Waals surface area contributed by atoms with Gasteiger partial charge in [-0.1, -0.05) is 0 Å². The van der Waals surface area contributed by atoms with Gasteiger partial charge in [0, 0.05) is 12.6 Å². The second-order valence-corrected chi connectivity index (χ2v) is 5.80. The number of guanidine groups is 1. The number of carbonyl (C=O) groups excluding carboxylic acids is 1. The Hall–Kier alpha value is -2.31. The lowest BCUT2D eigenvalue weighted by Crippen LogP contribution is -2.42. The van der Waals surface area contributed by atoms with Crippen molar-refractivity contribution in [2.75, 3.05) is 19.6 Å². The molecule has 0 radical (unpaired) electrons. The third-order valence-electron chi connectivity index (χ3n) is 3.38. The summed E-state index contributed by atoms with van der Waals surface area (Å²) in [6.07, 6.45) is 1.98. The molecule has 1 aliphatic rings. The van der Waals surface area contributed by atoms with Gasteiger partial charge in [0.15, 0.2) is 5.96 Å². The van der Waals surface area contributed by atoms with E-state index < -0.39 is 0 Å². The monoisotopic (exact) mass is 336 g/mol. The molecule has 0 aromatic heterocycles.